The van der Waals surface area contributed by atoms with Crippen molar-refractivity contribution in [2.75, 3.05) is 6.54 Å². The predicted molar refractivity (Wildman–Crippen MR) is 61.1 cm³/mol. The summed E-state index contributed by atoms with van der Waals surface area (Å²) in [6.45, 7) is 2.36. The zero-order valence-corrected chi connectivity index (χ0v) is 9.76. The lowest BCUT2D eigenvalue weighted by Gasteiger charge is -2.36. The number of primary amides is 1. The lowest BCUT2D eigenvalue weighted by molar-refractivity contribution is -0.123. The Labute approximate surface area is 99.6 Å². The number of carbonyl (C=O) groups excluding carboxylic acids is 2. The van der Waals surface area contributed by atoms with Crippen LogP contribution in [-0.2, 0) is 4.79 Å². The SMILES string of the molecule is CC1CCC(C(N)=O)CN1C(=O)c1ccco1. The van der Waals surface area contributed by atoms with Crippen molar-refractivity contribution >= 4 is 11.8 Å². The molecule has 0 aliphatic carbocycles. The molecule has 0 aromatic carbocycles. The molecule has 1 aliphatic rings. The van der Waals surface area contributed by atoms with Crippen molar-refractivity contribution in [1.82, 2.24) is 4.90 Å². The van der Waals surface area contributed by atoms with Crippen molar-refractivity contribution in [3.8, 4) is 0 Å². The van der Waals surface area contributed by atoms with Crippen LogP contribution in [0.3, 0.4) is 0 Å². The average molecular weight is 236 g/mol. The number of nitrogens with two attached hydrogens (primary N) is 1. The molecular formula is C12H16N2O3. The molecule has 0 bridgehead atoms. The molecule has 1 aliphatic heterocycles. The van der Waals surface area contributed by atoms with E-state index in [1.165, 1.54) is 6.26 Å². The van der Waals surface area contributed by atoms with Crippen molar-refractivity contribution in [3.05, 3.63) is 24.2 Å². The second-order valence-corrected chi connectivity index (χ2v) is 4.46. The third kappa shape index (κ3) is 2.33. The van der Waals surface area contributed by atoms with E-state index in [0.29, 0.717) is 12.3 Å². The Balaban J connectivity index is 2.13. The largest absolute Gasteiger partial charge is 0.459 e. The fraction of sp³-hybridized carbons (Fsp3) is 0.500. The molecule has 2 atom stereocenters. The van der Waals surface area contributed by atoms with Crippen LogP contribution in [0.4, 0.5) is 0 Å². The van der Waals surface area contributed by atoms with Gasteiger partial charge in [-0.25, -0.2) is 0 Å². The number of likely N-dealkylation sites (tertiary alicyclic amines) is 1. The third-order valence-corrected chi connectivity index (χ3v) is 3.28. The van der Waals surface area contributed by atoms with Crippen LogP contribution in [-0.4, -0.2) is 29.3 Å². The van der Waals surface area contributed by atoms with Crippen LogP contribution in [0.15, 0.2) is 22.8 Å². The van der Waals surface area contributed by atoms with Gasteiger partial charge in [0, 0.05) is 12.6 Å². The lowest BCUT2D eigenvalue weighted by atomic mass is 9.93. The molecule has 1 aromatic heterocycles. The van der Waals surface area contributed by atoms with Crippen LogP contribution in [0, 0.1) is 5.92 Å². The lowest BCUT2D eigenvalue weighted by Crippen LogP contribution is -2.48. The molecule has 2 unspecified atom stereocenters. The van der Waals surface area contributed by atoms with E-state index >= 15 is 0 Å². The second-order valence-electron chi connectivity index (χ2n) is 4.46. The van der Waals surface area contributed by atoms with Gasteiger partial charge in [0.1, 0.15) is 0 Å². The Kier molecular flexibility index (Phi) is 3.17. The highest BCUT2D eigenvalue weighted by atomic mass is 16.3. The van der Waals surface area contributed by atoms with Gasteiger partial charge in [-0.2, -0.15) is 0 Å². The van der Waals surface area contributed by atoms with Crippen molar-refractivity contribution < 1.29 is 14.0 Å². The fourth-order valence-electron chi connectivity index (χ4n) is 2.16. The molecule has 2 amide bonds. The number of amides is 2. The van der Waals surface area contributed by atoms with E-state index in [-0.39, 0.29) is 23.8 Å². The number of carbonyl (C=O) groups is 2. The smallest absolute Gasteiger partial charge is 0.289 e. The normalized spacial score (nSPS) is 24.6. The van der Waals surface area contributed by atoms with Gasteiger partial charge in [-0.1, -0.05) is 0 Å². The van der Waals surface area contributed by atoms with Crippen molar-refractivity contribution in [2.45, 2.75) is 25.8 Å². The summed E-state index contributed by atoms with van der Waals surface area (Å²) in [6.07, 6.45) is 3.01. The zero-order valence-electron chi connectivity index (χ0n) is 9.76. The Morgan fingerprint density at radius 3 is 2.82 bits per heavy atom. The maximum absolute atomic E-state index is 12.1. The molecule has 0 radical (unpaired) electrons. The van der Waals surface area contributed by atoms with Crippen LogP contribution < -0.4 is 5.73 Å². The fourth-order valence-corrected chi connectivity index (χ4v) is 2.16. The van der Waals surface area contributed by atoms with Crippen LogP contribution in [0.2, 0.25) is 0 Å². The highest BCUT2D eigenvalue weighted by molar-refractivity contribution is 5.92. The van der Waals surface area contributed by atoms with Gasteiger partial charge in [-0.05, 0) is 31.9 Å². The number of nitrogens with zero attached hydrogens (tertiary/aromatic N) is 1. The second kappa shape index (κ2) is 4.61. The van der Waals surface area contributed by atoms with Gasteiger partial charge in [0.2, 0.25) is 5.91 Å². The van der Waals surface area contributed by atoms with E-state index in [0.717, 1.165) is 12.8 Å². The van der Waals surface area contributed by atoms with Crippen LogP contribution in [0.1, 0.15) is 30.3 Å². The molecule has 92 valence electrons. The maximum Gasteiger partial charge on any atom is 0.289 e. The van der Waals surface area contributed by atoms with Crippen LogP contribution in [0.25, 0.3) is 0 Å². The maximum atomic E-state index is 12.1. The number of hydrogen-bond acceptors (Lipinski definition) is 3. The molecule has 0 spiro atoms. The first kappa shape index (κ1) is 11.7. The zero-order chi connectivity index (χ0) is 12.4. The summed E-state index contributed by atoms with van der Waals surface area (Å²) >= 11 is 0. The Morgan fingerprint density at radius 2 is 2.24 bits per heavy atom. The minimum Gasteiger partial charge on any atom is -0.459 e. The minimum atomic E-state index is -0.339. The van der Waals surface area contributed by atoms with Crippen LogP contribution >= 0.6 is 0 Å². The van der Waals surface area contributed by atoms with Crippen molar-refractivity contribution in [2.24, 2.45) is 11.7 Å². The van der Waals surface area contributed by atoms with Gasteiger partial charge >= 0.3 is 0 Å². The van der Waals surface area contributed by atoms with Gasteiger partial charge in [0.15, 0.2) is 5.76 Å². The van der Waals surface area contributed by atoms with Gasteiger partial charge in [0.25, 0.3) is 5.91 Å². The summed E-state index contributed by atoms with van der Waals surface area (Å²) in [5.41, 5.74) is 5.29. The molecule has 1 fully saturated rings. The average Bonchev–Trinajstić information content (AvgIpc) is 2.81. The molecule has 2 rings (SSSR count). The third-order valence-electron chi connectivity index (χ3n) is 3.28. The highest BCUT2D eigenvalue weighted by Crippen LogP contribution is 2.23. The molecule has 2 N–H and O–H groups in total. The monoisotopic (exact) mass is 236 g/mol. The van der Waals surface area contributed by atoms with Gasteiger partial charge < -0.3 is 15.1 Å². The topological polar surface area (TPSA) is 76.5 Å². The van der Waals surface area contributed by atoms with E-state index < -0.39 is 0 Å². The van der Waals surface area contributed by atoms with Crippen molar-refractivity contribution in [3.63, 3.8) is 0 Å². The van der Waals surface area contributed by atoms with Crippen molar-refractivity contribution in [1.29, 1.82) is 0 Å². The Hall–Kier alpha value is -1.78. The first-order chi connectivity index (χ1) is 8.09. The molecule has 5 nitrogen and oxygen atoms in total. The summed E-state index contributed by atoms with van der Waals surface area (Å²) in [4.78, 5) is 25.0. The first-order valence-electron chi connectivity index (χ1n) is 5.73. The first-order valence-corrected chi connectivity index (χ1v) is 5.73. The van der Waals surface area contributed by atoms with E-state index in [4.69, 9.17) is 10.2 Å². The van der Waals surface area contributed by atoms with Gasteiger partial charge in [-0.3, -0.25) is 9.59 Å². The summed E-state index contributed by atoms with van der Waals surface area (Å²) in [7, 11) is 0. The van der Waals surface area contributed by atoms with Crippen LogP contribution in [0.5, 0.6) is 0 Å². The van der Waals surface area contributed by atoms with Gasteiger partial charge in [0.05, 0.1) is 12.2 Å². The molecule has 1 saturated heterocycles. The standard InChI is InChI=1S/C12H16N2O3/c1-8-4-5-9(11(13)15)7-14(8)12(16)10-3-2-6-17-10/h2-3,6,8-9H,4-5,7H2,1H3,(H2,13,15). The molecule has 1 aromatic rings. The van der Waals surface area contributed by atoms with E-state index in [1.807, 2.05) is 6.92 Å². The Bertz CT molecular complexity index is 413. The highest BCUT2D eigenvalue weighted by Gasteiger charge is 2.32. The van der Waals surface area contributed by atoms with Gasteiger partial charge in [-0.15, -0.1) is 0 Å². The quantitative estimate of drug-likeness (QED) is 0.832. The van der Waals surface area contributed by atoms with E-state index in [9.17, 15) is 9.59 Å². The summed E-state index contributed by atoms with van der Waals surface area (Å²) < 4.78 is 5.09. The number of furan rings is 1. The number of piperidine rings is 1. The summed E-state index contributed by atoms with van der Waals surface area (Å²) in [6, 6.07) is 3.42. The van der Waals surface area contributed by atoms with E-state index in [1.54, 1.807) is 17.0 Å². The molecule has 2 heterocycles. The summed E-state index contributed by atoms with van der Waals surface area (Å²) in [5, 5.41) is 0. The molecular weight excluding hydrogens is 220 g/mol. The molecule has 5 heteroatoms. The molecule has 0 saturated carbocycles. The number of hydrogen-bond donors (Lipinski definition) is 1. The Morgan fingerprint density at radius 1 is 1.47 bits per heavy atom. The number of rotatable bonds is 2. The molecule has 17 heavy (non-hydrogen) atoms. The predicted octanol–water partition coefficient (Wildman–Crippen LogP) is 1.01. The summed E-state index contributed by atoms with van der Waals surface area (Å²) in [5.74, 6) is -0.449. The minimum absolute atomic E-state index is 0.114. The van der Waals surface area contributed by atoms with E-state index in [2.05, 4.69) is 0 Å².